The molecule has 3 N–H and O–H groups in total. The molecule has 2 heterocycles. The van der Waals surface area contributed by atoms with Gasteiger partial charge in [-0.3, -0.25) is 0 Å². The van der Waals surface area contributed by atoms with Crippen LogP contribution in [0, 0.1) is 5.92 Å². The van der Waals surface area contributed by atoms with Crippen LogP contribution in [0.15, 0.2) is 46.8 Å². The van der Waals surface area contributed by atoms with Gasteiger partial charge < -0.3 is 16.0 Å². The number of anilines is 1. The van der Waals surface area contributed by atoms with Crippen LogP contribution in [0.25, 0.3) is 0 Å². The molecule has 1 fully saturated rings. The number of rotatable bonds is 6. The van der Waals surface area contributed by atoms with E-state index in [1.165, 1.54) is 42.1 Å². The molecule has 1 saturated heterocycles. The summed E-state index contributed by atoms with van der Waals surface area (Å²) < 4.78 is 0. The Morgan fingerprint density at radius 2 is 2.00 bits per heavy atom. The summed E-state index contributed by atoms with van der Waals surface area (Å²) in [6.07, 6.45) is 3.57. The molecule has 0 amide bonds. The van der Waals surface area contributed by atoms with Crippen LogP contribution >= 0.6 is 11.3 Å². The number of guanidine groups is 1. The minimum atomic E-state index is 0.519. The number of hydrogen-bond donors (Lipinski definition) is 2. The van der Waals surface area contributed by atoms with Gasteiger partial charge in [-0.2, -0.15) is 0 Å². The average molecular weight is 357 g/mol. The fraction of sp³-hybridized carbons (Fsp3) is 0.450. The van der Waals surface area contributed by atoms with Crippen molar-refractivity contribution in [2.24, 2.45) is 16.6 Å². The van der Waals surface area contributed by atoms with Crippen molar-refractivity contribution in [3.05, 3.63) is 52.2 Å². The van der Waals surface area contributed by atoms with Crippen LogP contribution in [-0.4, -0.2) is 25.6 Å². The highest BCUT2D eigenvalue weighted by Gasteiger charge is 2.15. The lowest BCUT2D eigenvalue weighted by Gasteiger charge is -2.32. The van der Waals surface area contributed by atoms with Crippen molar-refractivity contribution in [2.75, 3.05) is 24.5 Å². The van der Waals surface area contributed by atoms with Crippen LogP contribution in [0.3, 0.4) is 0 Å². The molecule has 0 atom stereocenters. The molecule has 0 bridgehead atoms. The summed E-state index contributed by atoms with van der Waals surface area (Å²) in [6.45, 7) is 6.12. The lowest BCUT2D eigenvalue weighted by molar-refractivity contribution is 0.438. The van der Waals surface area contributed by atoms with E-state index >= 15 is 0 Å². The van der Waals surface area contributed by atoms with Crippen LogP contribution < -0.4 is 16.0 Å². The van der Waals surface area contributed by atoms with Crippen LogP contribution in [0.1, 0.15) is 30.2 Å². The van der Waals surface area contributed by atoms with Crippen molar-refractivity contribution in [1.29, 1.82) is 0 Å². The molecule has 3 rings (SSSR count). The van der Waals surface area contributed by atoms with E-state index < -0.39 is 0 Å². The fourth-order valence-corrected chi connectivity index (χ4v) is 3.79. The molecule has 2 aromatic rings. The van der Waals surface area contributed by atoms with E-state index in [1.54, 1.807) is 11.3 Å². The summed E-state index contributed by atoms with van der Waals surface area (Å²) in [4.78, 5) is 8.28. The number of benzene rings is 1. The zero-order valence-electron chi connectivity index (χ0n) is 14.9. The number of piperidine rings is 1. The van der Waals surface area contributed by atoms with E-state index in [0.29, 0.717) is 12.5 Å². The maximum Gasteiger partial charge on any atom is 0.188 e. The third-order valence-electron chi connectivity index (χ3n) is 4.77. The predicted molar refractivity (Wildman–Crippen MR) is 108 cm³/mol. The molecular formula is C20H28N4S. The molecule has 1 aliphatic rings. The predicted octanol–water partition coefficient (Wildman–Crippen LogP) is 3.63. The molecule has 0 spiro atoms. The number of nitrogens with two attached hydrogens (primary N) is 1. The lowest BCUT2D eigenvalue weighted by Crippen LogP contribution is -2.33. The van der Waals surface area contributed by atoms with E-state index in [9.17, 15) is 0 Å². The SMILES string of the molecule is CC1CCN(c2ccc(CN=C(N)NCCc3cccs3)cc2)CC1. The van der Waals surface area contributed by atoms with E-state index in [4.69, 9.17) is 5.73 Å². The van der Waals surface area contributed by atoms with Gasteiger partial charge in [0, 0.05) is 30.2 Å². The Labute approximate surface area is 154 Å². The summed E-state index contributed by atoms with van der Waals surface area (Å²) in [5, 5.41) is 5.28. The molecule has 25 heavy (non-hydrogen) atoms. The topological polar surface area (TPSA) is 53.6 Å². The summed E-state index contributed by atoms with van der Waals surface area (Å²) in [5.74, 6) is 1.38. The zero-order valence-corrected chi connectivity index (χ0v) is 15.8. The maximum absolute atomic E-state index is 5.95. The number of nitrogens with zero attached hydrogens (tertiary/aromatic N) is 2. The first-order valence-electron chi connectivity index (χ1n) is 9.11. The highest BCUT2D eigenvalue weighted by Crippen LogP contribution is 2.23. The zero-order chi connectivity index (χ0) is 17.5. The minimum Gasteiger partial charge on any atom is -0.372 e. The number of nitrogens with one attached hydrogen (secondary N) is 1. The minimum absolute atomic E-state index is 0.519. The second-order valence-corrected chi connectivity index (χ2v) is 7.83. The first-order valence-corrected chi connectivity index (χ1v) is 9.99. The molecule has 0 aliphatic carbocycles. The lowest BCUT2D eigenvalue weighted by atomic mass is 9.99. The molecule has 0 unspecified atom stereocenters. The number of thiophene rings is 1. The van der Waals surface area contributed by atoms with Crippen molar-refractivity contribution in [1.82, 2.24) is 5.32 Å². The van der Waals surface area contributed by atoms with E-state index in [-0.39, 0.29) is 0 Å². The Bertz CT molecular complexity index is 656. The molecule has 1 aliphatic heterocycles. The average Bonchev–Trinajstić information content (AvgIpc) is 3.15. The van der Waals surface area contributed by atoms with Gasteiger partial charge in [-0.05, 0) is 54.3 Å². The van der Waals surface area contributed by atoms with Gasteiger partial charge in [-0.15, -0.1) is 11.3 Å². The van der Waals surface area contributed by atoms with Gasteiger partial charge in [-0.25, -0.2) is 4.99 Å². The largest absolute Gasteiger partial charge is 0.372 e. The molecule has 4 nitrogen and oxygen atoms in total. The fourth-order valence-electron chi connectivity index (χ4n) is 3.08. The first-order chi connectivity index (χ1) is 12.2. The van der Waals surface area contributed by atoms with Gasteiger partial charge in [0.15, 0.2) is 5.96 Å². The molecular weight excluding hydrogens is 328 g/mol. The molecule has 1 aromatic carbocycles. The van der Waals surface area contributed by atoms with Crippen molar-refractivity contribution >= 4 is 23.0 Å². The molecule has 5 heteroatoms. The van der Waals surface area contributed by atoms with Crippen LogP contribution in [-0.2, 0) is 13.0 Å². The normalized spacial score (nSPS) is 16.2. The molecule has 1 aromatic heterocycles. The van der Waals surface area contributed by atoms with E-state index in [0.717, 1.165) is 18.9 Å². The highest BCUT2D eigenvalue weighted by molar-refractivity contribution is 7.09. The van der Waals surface area contributed by atoms with Gasteiger partial charge in [0.05, 0.1) is 6.54 Å². The Morgan fingerprint density at radius 1 is 1.24 bits per heavy atom. The second kappa shape index (κ2) is 8.90. The van der Waals surface area contributed by atoms with Gasteiger partial charge in [0.2, 0.25) is 0 Å². The smallest absolute Gasteiger partial charge is 0.188 e. The molecule has 0 radical (unpaired) electrons. The Hall–Kier alpha value is -2.01. The highest BCUT2D eigenvalue weighted by atomic mass is 32.1. The Kier molecular flexibility index (Phi) is 6.34. The summed E-state index contributed by atoms with van der Waals surface area (Å²) in [5.41, 5.74) is 8.47. The third-order valence-corrected chi connectivity index (χ3v) is 5.71. The van der Waals surface area contributed by atoms with Gasteiger partial charge in [0.1, 0.15) is 0 Å². The van der Waals surface area contributed by atoms with Crippen molar-refractivity contribution < 1.29 is 0 Å². The standard InChI is InChI=1S/C20H28N4S/c1-16-9-12-24(13-10-16)18-6-4-17(5-7-18)15-23-20(21)22-11-8-19-3-2-14-25-19/h2-7,14,16H,8-13,15H2,1H3,(H3,21,22,23). The first kappa shape index (κ1) is 17.8. The monoisotopic (exact) mass is 356 g/mol. The van der Waals surface area contributed by atoms with Gasteiger partial charge in [-0.1, -0.05) is 25.1 Å². The Morgan fingerprint density at radius 3 is 2.68 bits per heavy atom. The summed E-state index contributed by atoms with van der Waals surface area (Å²) >= 11 is 1.77. The summed E-state index contributed by atoms with van der Waals surface area (Å²) in [7, 11) is 0. The maximum atomic E-state index is 5.95. The number of aliphatic imine (C=N–C) groups is 1. The van der Waals surface area contributed by atoms with Crippen molar-refractivity contribution in [2.45, 2.75) is 32.7 Å². The van der Waals surface area contributed by atoms with Crippen molar-refractivity contribution in [3.63, 3.8) is 0 Å². The summed E-state index contributed by atoms with van der Waals surface area (Å²) in [6, 6.07) is 13.0. The second-order valence-electron chi connectivity index (χ2n) is 6.79. The molecule has 0 saturated carbocycles. The number of hydrogen-bond acceptors (Lipinski definition) is 3. The quantitative estimate of drug-likeness (QED) is 0.614. The van der Waals surface area contributed by atoms with Crippen molar-refractivity contribution in [3.8, 4) is 0 Å². The van der Waals surface area contributed by atoms with E-state index in [2.05, 4.69) is 63.9 Å². The third kappa shape index (κ3) is 5.49. The van der Waals surface area contributed by atoms with Gasteiger partial charge in [0.25, 0.3) is 0 Å². The molecule has 134 valence electrons. The van der Waals surface area contributed by atoms with Crippen LogP contribution in [0.4, 0.5) is 5.69 Å². The van der Waals surface area contributed by atoms with Crippen LogP contribution in [0.2, 0.25) is 0 Å². The van der Waals surface area contributed by atoms with E-state index in [1.807, 2.05) is 0 Å². The Balaban J connectivity index is 1.44. The van der Waals surface area contributed by atoms with Crippen LogP contribution in [0.5, 0.6) is 0 Å². The van der Waals surface area contributed by atoms with Gasteiger partial charge >= 0.3 is 0 Å².